The van der Waals surface area contributed by atoms with Crippen LogP contribution in [0.25, 0.3) is 0 Å². The normalized spacial score (nSPS) is 16.8. The monoisotopic (exact) mass is 200 g/mol. The topological polar surface area (TPSA) is 79.2 Å². The van der Waals surface area contributed by atoms with Crippen LogP contribution in [0, 0.1) is 0 Å². The molecule has 0 bridgehead atoms. The molecule has 1 rings (SSSR count). The Morgan fingerprint density at radius 1 is 1.64 bits per heavy atom. The Labute approximate surface area is 81.1 Å². The van der Waals surface area contributed by atoms with Gasteiger partial charge in [-0.25, -0.2) is 9.80 Å². The molecule has 0 aromatic rings. The minimum Gasteiger partial charge on any atom is -0.477 e. The molecular formula is C8H12N2O4. The molecule has 0 radical (unpaired) electrons. The highest BCUT2D eigenvalue weighted by atomic mass is 16.5. The lowest BCUT2D eigenvalue weighted by molar-refractivity contribution is -0.133. The van der Waals surface area contributed by atoms with Gasteiger partial charge in [-0.1, -0.05) is 0 Å². The molecule has 1 heterocycles. The third-order valence-corrected chi connectivity index (χ3v) is 1.86. The van der Waals surface area contributed by atoms with Crippen molar-refractivity contribution >= 4 is 17.6 Å². The number of carbonyl (C=O) groups excluding carboxylic acids is 1. The summed E-state index contributed by atoms with van der Waals surface area (Å²) < 4.78 is 4.78. The Balaban J connectivity index is 2.65. The minimum atomic E-state index is -1.07. The lowest BCUT2D eigenvalue weighted by atomic mass is 10.2. The predicted octanol–water partition coefficient (Wildman–Crippen LogP) is -0.304. The molecular weight excluding hydrogens is 188 g/mol. The first kappa shape index (κ1) is 10.6. The zero-order valence-corrected chi connectivity index (χ0v) is 7.89. The van der Waals surface area contributed by atoms with Crippen molar-refractivity contribution in [1.29, 1.82) is 0 Å². The summed E-state index contributed by atoms with van der Waals surface area (Å²) in [5, 5.41) is 13.5. The summed E-state index contributed by atoms with van der Waals surface area (Å²) >= 11 is 0. The van der Waals surface area contributed by atoms with E-state index in [1.54, 1.807) is 0 Å². The number of rotatable bonds is 4. The molecule has 1 aliphatic rings. The number of aliphatic carboxylic acids is 1. The molecule has 6 heteroatoms. The van der Waals surface area contributed by atoms with Crippen molar-refractivity contribution in [3.05, 3.63) is 0 Å². The van der Waals surface area contributed by atoms with Gasteiger partial charge >= 0.3 is 5.97 Å². The van der Waals surface area contributed by atoms with E-state index in [9.17, 15) is 9.59 Å². The number of hydrogen-bond acceptors (Lipinski definition) is 4. The van der Waals surface area contributed by atoms with Crippen LogP contribution in [0.15, 0.2) is 5.10 Å². The van der Waals surface area contributed by atoms with E-state index in [1.165, 1.54) is 7.11 Å². The molecule has 14 heavy (non-hydrogen) atoms. The Morgan fingerprint density at radius 3 is 2.93 bits per heavy atom. The molecule has 0 aromatic heterocycles. The van der Waals surface area contributed by atoms with Crippen molar-refractivity contribution < 1.29 is 19.4 Å². The van der Waals surface area contributed by atoms with Gasteiger partial charge in [-0.2, -0.15) is 5.10 Å². The molecule has 0 fully saturated rings. The first-order valence-corrected chi connectivity index (χ1v) is 4.25. The fourth-order valence-corrected chi connectivity index (χ4v) is 1.11. The van der Waals surface area contributed by atoms with E-state index in [-0.39, 0.29) is 24.5 Å². The lowest BCUT2D eigenvalue weighted by Crippen LogP contribution is -2.36. The smallest absolute Gasteiger partial charge is 0.352 e. The largest absolute Gasteiger partial charge is 0.477 e. The van der Waals surface area contributed by atoms with Gasteiger partial charge in [0.15, 0.2) is 0 Å². The molecule has 78 valence electrons. The number of carboxylic acid groups (broad SMARTS) is 1. The SMILES string of the molecule is COCCN1N=C(C(=O)O)CCC1=O. The van der Waals surface area contributed by atoms with Crippen LogP contribution in [-0.2, 0) is 14.3 Å². The van der Waals surface area contributed by atoms with Crippen molar-refractivity contribution in [3.8, 4) is 0 Å². The maximum Gasteiger partial charge on any atom is 0.352 e. The van der Waals surface area contributed by atoms with Crippen LogP contribution in [-0.4, -0.2) is 48.0 Å². The Bertz CT molecular complexity index is 275. The number of nitrogens with zero attached hydrogens (tertiary/aromatic N) is 2. The first-order chi connectivity index (χ1) is 6.65. The van der Waals surface area contributed by atoms with Crippen LogP contribution in [0.1, 0.15) is 12.8 Å². The maximum atomic E-state index is 11.2. The van der Waals surface area contributed by atoms with Gasteiger partial charge in [0.1, 0.15) is 5.71 Å². The molecule has 1 aliphatic heterocycles. The fraction of sp³-hybridized carbons (Fsp3) is 0.625. The number of hydrogen-bond donors (Lipinski definition) is 1. The third kappa shape index (κ3) is 2.53. The van der Waals surface area contributed by atoms with Crippen molar-refractivity contribution in [3.63, 3.8) is 0 Å². The van der Waals surface area contributed by atoms with E-state index < -0.39 is 5.97 Å². The average Bonchev–Trinajstić information content (AvgIpc) is 2.16. The standard InChI is InChI=1S/C8H12N2O4/c1-14-5-4-10-7(11)3-2-6(9-10)8(12)13/h2-5H2,1H3,(H,12,13). The van der Waals surface area contributed by atoms with E-state index in [1.807, 2.05) is 0 Å². The average molecular weight is 200 g/mol. The van der Waals surface area contributed by atoms with E-state index in [2.05, 4.69) is 5.10 Å². The highest BCUT2D eigenvalue weighted by molar-refractivity contribution is 6.36. The fourth-order valence-electron chi connectivity index (χ4n) is 1.11. The summed E-state index contributed by atoms with van der Waals surface area (Å²) in [5.41, 5.74) is 0.0284. The number of hydrazone groups is 1. The van der Waals surface area contributed by atoms with Crippen LogP contribution < -0.4 is 0 Å². The van der Waals surface area contributed by atoms with Gasteiger partial charge in [-0.15, -0.1) is 0 Å². The van der Waals surface area contributed by atoms with E-state index in [0.717, 1.165) is 5.01 Å². The van der Waals surface area contributed by atoms with Gasteiger partial charge in [0.2, 0.25) is 5.91 Å². The molecule has 0 saturated carbocycles. The Morgan fingerprint density at radius 2 is 2.36 bits per heavy atom. The van der Waals surface area contributed by atoms with Gasteiger partial charge < -0.3 is 9.84 Å². The lowest BCUT2D eigenvalue weighted by Gasteiger charge is -2.21. The first-order valence-electron chi connectivity index (χ1n) is 4.25. The van der Waals surface area contributed by atoms with E-state index in [0.29, 0.717) is 13.2 Å². The zero-order valence-electron chi connectivity index (χ0n) is 7.89. The number of amides is 1. The van der Waals surface area contributed by atoms with Crippen LogP contribution in [0.3, 0.4) is 0 Å². The third-order valence-electron chi connectivity index (χ3n) is 1.86. The second-order valence-electron chi connectivity index (χ2n) is 2.86. The van der Waals surface area contributed by atoms with Crippen LogP contribution in [0.2, 0.25) is 0 Å². The second kappa shape index (κ2) is 4.71. The summed E-state index contributed by atoms with van der Waals surface area (Å²) in [5.74, 6) is -1.23. The van der Waals surface area contributed by atoms with Crippen LogP contribution in [0.5, 0.6) is 0 Å². The molecule has 0 aromatic carbocycles. The van der Waals surface area contributed by atoms with Gasteiger partial charge in [0, 0.05) is 20.0 Å². The molecule has 0 spiro atoms. The molecule has 0 unspecified atom stereocenters. The summed E-state index contributed by atoms with van der Waals surface area (Å²) in [6.45, 7) is 0.647. The predicted molar refractivity (Wildman–Crippen MR) is 47.9 cm³/mol. The van der Waals surface area contributed by atoms with Crippen LogP contribution in [0.4, 0.5) is 0 Å². The highest BCUT2D eigenvalue weighted by Crippen LogP contribution is 2.08. The molecule has 1 N–H and O–H groups in total. The van der Waals surface area contributed by atoms with Crippen molar-refractivity contribution in [2.75, 3.05) is 20.3 Å². The van der Waals surface area contributed by atoms with Gasteiger partial charge in [0.25, 0.3) is 0 Å². The summed E-state index contributed by atoms with van der Waals surface area (Å²) in [4.78, 5) is 21.8. The summed E-state index contributed by atoms with van der Waals surface area (Å²) in [6.07, 6.45) is 0.409. The molecule has 1 amide bonds. The molecule has 0 atom stereocenters. The Kier molecular flexibility index (Phi) is 3.58. The number of carboxylic acids is 1. The van der Waals surface area contributed by atoms with E-state index in [4.69, 9.17) is 9.84 Å². The maximum absolute atomic E-state index is 11.2. The van der Waals surface area contributed by atoms with E-state index >= 15 is 0 Å². The molecule has 0 aliphatic carbocycles. The zero-order chi connectivity index (χ0) is 10.6. The summed E-state index contributed by atoms with van der Waals surface area (Å²) in [7, 11) is 1.51. The minimum absolute atomic E-state index is 0.0284. The Hall–Kier alpha value is -1.43. The van der Waals surface area contributed by atoms with Crippen molar-refractivity contribution in [1.82, 2.24) is 5.01 Å². The van der Waals surface area contributed by atoms with Gasteiger partial charge in [-0.3, -0.25) is 4.79 Å². The second-order valence-corrected chi connectivity index (χ2v) is 2.86. The van der Waals surface area contributed by atoms with Crippen molar-refractivity contribution in [2.45, 2.75) is 12.8 Å². The van der Waals surface area contributed by atoms with Crippen LogP contribution >= 0.6 is 0 Å². The number of methoxy groups -OCH3 is 1. The number of ether oxygens (including phenoxy) is 1. The summed E-state index contributed by atoms with van der Waals surface area (Å²) in [6, 6.07) is 0. The van der Waals surface area contributed by atoms with Crippen molar-refractivity contribution in [2.24, 2.45) is 5.10 Å². The quantitative estimate of drug-likeness (QED) is 0.675. The van der Waals surface area contributed by atoms with Gasteiger partial charge in [0.05, 0.1) is 13.2 Å². The molecule has 6 nitrogen and oxygen atoms in total. The highest BCUT2D eigenvalue weighted by Gasteiger charge is 2.23. The van der Waals surface area contributed by atoms with Gasteiger partial charge in [-0.05, 0) is 0 Å². The number of carbonyl (C=O) groups is 2. The molecule has 0 saturated heterocycles.